The van der Waals surface area contributed by atoms with E-state index in [0.717, 1.165) is 23.7 Å². The Balaban J connectivity index is 2.59. The summed E-state index contributed by atoms with van der Waals surface area (Å²) in [5.41, 5.74) is 2.07. The van der Waals surface area contributed by atoms with Gasteiger partial charge in [-0.05, 0) is 24.1 Å². The zero-order valence-electron chi connectivity index (χ0n) is 7.55. The van der Waals surface area contributed by atoms with Crippen LogP contribution in [0.2, 0.25) is 0 Å². The van der Waals surface area contributed by atoms with E-state index in [-0.39, 0.29) is 5.56 Å². The van der Waals surface area contributed by atoms with E-state index in [1.165, 1.54) is 5.56 Å². The summed E-state index contributed by atoms with van der Waals surface area (Å²) in [6.45, 7) is 2.13. The van der Waals surface area contributed by atoms with Crippen molar-refractivity contribution in [1.29, 1.82) is 0 Å². The normalized spacial score (nSPS) is 10.8. The minimum Gasteiger partial charge on any atom is -0.298 e. The van der Waals surface area contributed by atoms with Gasteiger partial charge in [0.15, 0.2) is 0 Å². The molecule has 0 bridgehead atoms. The van der Waals surface area contributed by atoms with E-state index in [4.69, 9.17) is 0 Å². The first-order chi connectivity index (χ1) is 6.31. The van der Waals surface area contributed by atoms with Crippen molar-refractivity contribution >= 4 is 10.9 Å². The lowest BCUT2D eigenvalue weighted by Crippen LogP contribution is -1.97. The maximum Gasteiger partial charge on any atom is 0.271 e. The van der Waals surface area contributed by atoms with Gasteiger partial charge in [-0.3, -0.25) is 15.0 Å². The second kappa shape index (κ2) is 3.09. The lowest BCUT2D eigenvalue weighted by atomic mass is 10.1. The van der Waals surface area contributed by atoms with E-state index in [2.05, 4.69) is 23.2 Å². The van der Waals surface area contributed by atoms with Crippen LogP contribution in [0.15, 0.2) is 23.0 Å². The third kappa shape index (κ3) is 1.37. The van der Waals surface area contributed by atoms with Crippen molar-refractivity contribution in [2.24, 2.45) is 0 Å². The van der Waals surface area contributed by atoms with E-state index < -0.39 is 0 Å². The summed E-state index contributed by atoms with van der Waals surface area (Å²) in [6, 6.07) is 5.95. The third-order valence-corrected chi connectivity index (χ3v) is 2.18. The quantitative estimate of drug-likeness (QED) is 0.720. The maximum absolute atomic E-state index is 11.2. The third-order valence-electron chi connectivity index (χ3n) is 2.18. The number of rotatable bonds is 2. The Hall–Kier alpha value is -1.51. The molecule has 2 rings (SSSR count). The van der Waals surface area contributed by atoms with Crippen molar-refractivity contribution in [3.8, 4) is 0 Å². The van der Waals surface area contributed by atoms with Crippen molar-refractivity contribution in [3.05, 3.63) is 34.1 Å². The van der Waals surface area contributed by atoms with Crippen molar-refractivity contribution in [2.75, 3.05) is 0 Å². The molecule has 68 valence electrons. The van der Waals surface area contributed by atoms with E-state index in [0.29, 0.717) is 0 Å². The molecule has 1 aromatic heterocycles. The molecule has 1 heterocycles. The Morgan fingerprint density at radius 2 is 2.15 bits per heavy atom. The van der Waals surface area contributed by atoms with Gasteiger partial charge >= 0.3 is 0 Å². The molecular weight excluding hydrogens is 164 g/mol. The predicted octanol–water partition coefficient (Wildman–Crippen LogP) is 1.81. The number of nitrogens with one attached hydrogen (secondary N) is 2. The second-order valence-electron chi connectivity index (χ2n) is 3.21. The summed E-state index contributed by atoms with van der Waals surface area (Å²) in [7, 11) is 0. The monoisotopic (exact) mass is 176 g/mol. The lowest BCUT2D eigenvalue weighted by molar-refractivity contribution is 0.923. The Kier molecular flexibility index (Phi) is 1.93. The molecule has 0 fully saturated rings. The SMILES string of the molecule is CCCc1ccc2[nH][nH]c(=O)c2c1. The summed E-state index contributed by atoms with van der Waals surface area (Å²) < 4.78 is 0. The zero-order valence-corrected chi connectivity index (χ0v) is 7.55. The molecule has 0 aliphatic heterocycles. The molecule has 0 saturated heterocycles. The van der Waals surface area contributed by atoms with Crippen LogP contribution in [0.3, 0.4) is 0 Å². The fraction of sp³-hybridized carbons (Fsp3) is 0.300. The first-order valence-corrected chi connectivity index (χ1v) is 4.50. The van der Waals surface area contributed by atoms with Crippen LogP contribution in [0, 0.1) is 0 Å². The highest BCUT2D eigenvalue weighted by molar-refractivity contribution is 5.78. The van der Waals surface area contributed by atoms with Gasteiger partial charge in [0.1, 0.15) is 0 Å². The molecule has 0 aliphatic carbocycles. The number of benzene rings is 1. The zero-order chi connectivity index (χ0) is 9.26. The van der Waals surface area contributed by atoms with Crippen LogP contribution in [-0.4, -0.2) is 10.2 Å². The van der Waals surface area contributed by atoms with Crippen LogP contribution >= 0.6 is 0 Å². The number of fused-ring (bicyclic) bond motifs is 1. The van der Waals surface area contributed by atoms with Crippen LogP contribution in [0.1, 0.15) is 18.9 Å². The first kappa shape index (κ1) is 8.10. The molecule has 0 spiro atoms. The Labute approximate surface area is 75.8 Å². The van der Waals surface area contributed by atoms with Crippen LogP contribution < -0.4 is 5.56 Å². The number of hydrogen-bond donors (Lipinski definition) is 2. The van der Waals surface area contributed by atoms with Gasteiger partial charge in [0.25, 0.3) is 5.56 Å². The van der Waals surface area contributed by atoms with Crippen molar-refractivity contribution in [3.63, 3.8) is 0 Å². The molecule has 1 aromatic carbocycles. The van der Waals surface area contributed by atoms with Gasteiger partial charge in [0.05, 0.1) is 10.9 Å². The highest BCUT2D eigenvalue weighted by Gasteiger charge is 2.00. The highest BCUT2D eigenvalue weighted by atomic mass is 16.1. The fourth-order valence-electron chi connectivity index (χ4n) is 1.52. The van der Waals surface area contributed by atoms with Crippen LogP contribution in [0.5, 0.6) is 0 Å². The van der Waals surface area contributed by atoms with E-state index in [1.54, 1.807) is 0 Å². The molecule has 3 heteroatoms. The van der Waals surface area contributed by atoms with E-state index in [9.17, 15) is 4.79 Å². The van der Waals surface area contributed by atoms with Gasteiger partial charge in [-0.25, -0.2) is 0 Å². The standard InChI is InChI=1S/C10H12N2O/c1-2-3-7-4-5-9-8(6-7)10(13)12-11-9/h4-6H,2-3H2,1H3,(H2,11,12,13). The molecule has 2 N–H and O–H groups in total. The van der Waals surface area contributed by atoms with Crippen molar-refractivity contribution in [2.45, 2.75) is 19.8 Å². The number of hydrogen-bond acceptors (Lipinski definition) is 1. The molecule has 0 atom stereocenters. The Bertz CT molecular complexity index is 467. The van der Waals surface area contributed by atoms with Gasteiger partial charge in [-0.15, -0.1) is 0 Å². The van der Waals surface area contributed by atoms with Crippen molar-refractivity contribution in [1.82, 2.24) is 10.2 Å². The molecule has 3 nitrogen and oxygen atoms in total. The minimum atomic E-state index is -0.0343. The molecule has 0 unspecified atom stereocenters. The topological polar surface area (TPSA) is 48.6 Å². The summed E-state index contributed by atoms with van der Waals surface area (Å²) in [4.78, 5) is 11.2. The molecule has 0 aliphatic rings. The summed E-state index contributed by atoms with van der Waals surface area (Å²) in [5, 5.41) is 6.14. The summed E-state index contributed by atoms with van der Waals surface area (Å²) in [6.07, 6.45) is 2.13. The lowest BCUT2D eigenvalue weighted by Gasteiger charge is -1.96. The number of aromatic amines is 2. The molecule has 2 aromatic rings. The van der Waals surface area contributed by atoms with Crippen LogP contribution in [-0.2, 0) is 6.42 Å². The molecular formula is C10H12N2O. The van der Waals surface area contributed by atoms with E-state index in [1.807, 2.05) is 12.1 Å². The number of aryl methyl sites for hydroxylation is 1. The largest absolute Gasteiger partial charge is 0.298 e. The van der Waals surface area contributed by atoms with Gasteiger partial charge in [-0.2, -0.15) is 0 Å². The Morgan fingerprint density at radius 1 is 1.31 bits per heavy atom. The van der Waals surface area contributed by atoms with Gasteiger partial charge in [0.2, 0.25) is 0 Å². The minimum absolute atomic E-state index is 0.0343. The number of H-pyrrole nitrogens is 2. The second-order valence-corrected chi connectivity index (χ2v) is 3.21. The first-order valence-electron chi connectivity index (χ1n) is 4.50. The summed E-state index contributed by atoms with van der Waals surface area (Å²) >= 11 is 0. The average Bonchev–Trinajstić information content (AvgIpc) is 2.49. The molecule has 13 heavy (non-hydrogen) atoms. The van der Waals surface area contributed by atoms with Crippen LogP contribution in [0.4, 0.5) is 0 Å². The fourth-order valence-corrected chi connectivity index (χ4v) is 1.52. The van der Waals surface area contributed by atoms with Crippen molar-refractivity contribution < 1.29 is 0 Å². The van der Waals surface area contributed by atoms with Gasteiger partial charge < -0.3 is 0 Å². The smallest absolute Gasteiger partial charge is 0.271 e. The molecule has 0 amide bonds. The van der Waals surface area contributed by atoms with Gasteiger partial charge in [0, 0.05) is 0 Å². The highest BCUT2D eigenvalue weighted by Crippen LogP contribution is 2.10. The predicted molar refractivity (Wildman–Crippen MR) is 52.9 cm³/mol. The Morgan fingerprint density at radius 3 is 2.92 bits per heavy atom. The average molecular weight is 176 g/mol. The number of aromatic nitrogens is 2. The maximum atomic E-state index is 11.2. The van der Waals surface area contributed by atoms with Gasteiger partial charge in [-0.1, -0.05) is 19.4 Å². The van der Waals surface area contributed by atoms with Crippen LogP contribution in [0.25, 0.3) is 10.9 Å². The van der Waals surface area contributed by atoms with E-state index >= 15 is 0 Å². The summed E-state index contributed by atoms with van der Waals surface area (Å²) in [5.74, 6) is 0. The molecule has 0 radical (unpaired) electrons. The molecule has 0 saturated carbocycles.